The number of nitrogens with zero attached hydrogens (tertiary/aromatic N) is 3. The smallest absolute Gasteiger partial charge is 0.358 e. The summed E-state index contributed by atoms with van der Waals surface area (Å²) in [6.45, 7) is 1.71. The Morgan fingerprint density at radius 2 is 2.00 bits per heavy atom. The van der Waals surface area contributed by atoms with Crippen LogP contribution in [0.3, 0.4) is 0 Å². The average Bonchev–Trinajstić information content (AvgIpc) is 2.62. The minimum atomic E-state index is -0.514. The molecule has 0 N–H and O–H groups in total. The first kappa shape index (κ1) is 10.6. The molecular formula is C10H8ClN3O2. The Kier molecular flexibility index (Phi) is 2.62. The zero-order valence-corrected chi connectivity index (χ0v) is 9.18. The van der Waals surface area contributed by atoms with Crippen LogP contribution in [0.25, 0.3) is 5.69 Å². The number of benzene rings is 1. The summed E-state index contributed by atoms with van der Waals surface area (Å²) >= 11 is 5.76. The molecule has 1 aromatic carbocycles. The van der Waals surface area contributed by atoms with Gasteiger partial charge < -0.3 is 10.1 Å². The van der Waals surface area contributed by atoms with Gasteiger partial charge in [0.05, 0.1) is 0 Å². The molecule has 5 nitrogen and oxygen atoms in total. The van der Waals surface area contributed by atoms with Crippen molar-refractivity contribution in [3.05, 3.63) is 51.4 Å². The first-order valence-electron chi connectivity index (χ1n) is 4.54. The number of hydrogen-bond donors (Lipinski definition) is 0. The largest absolute Gasteiger partial charge is 0.382 e. The van der Waals surface area contributed by atoms with Crippen LogP contribution in [0.1, 0.15) is 5.82 Å². The number of hydrogen-bond acceptors (Lipinski definition) is 3. The molecule has 0 aliphatic carbocycles. The molecule has 6 heteroatoms. The van der Waals surface area contributed by atoms with Crippen LogP contribution in [-0.4, -0.2) is 14.5 Å². The number of aryl methyl sites for hydroxylation is 1. The SMILES string of the molecule is Cc1nc([N+](=O)[O-])cn1-c1ccc(Cl)cc1. The van der Waals surface area contributed by atoms with Crippen LogP contribution >= 0.6 is 11.6 Å². The Bertz CT molecular complexity index is 533. The lowest BCUT2D eigenvalue weighted by atomic mass is 10.3. The molecule has 0 bridgehead atoms. The van der Waals surface area contributed by atoms with E-state index in [0.29, 0.717) is 10.8 Å². The molecule has 0 amide bonds. The summed E-state index contributed by atoms with van der Waals surface area (Å²) < 4.78 is 1.65. The molecule has 0 fully saturated rings. The van der Waals surface area contributed by atoms with Gasteiger partial charge in [-0.05, 0) is 34.2 Å². The predicted molar refractivity (Wildman–Crippen MR) is 60.0 cm³/mol. The number of halogens is 1. The normalized spacial score (nSPS) is 10.4. The van der Waals surface area contributed by atoms with E-state index in [2.05, 4.69) is 4.98 Å². The summed E-state index contributed by atoms with van der Waals surface area (Å²) in [5.41, 5.74) is 0.794. The van der Waals surface area contributed by atoms with Crippen molar-refractivity contribution in [1.29, 1.82) is 0 Å². The summed E-state index contributed by atoms with van der Waals surface area (Å²) in [6, 6.07) is 7.01. The van der Waals surface area contributed by atoms with Gasteiger partial charge in [0.1, 0.15) is 6.20 Å². The van der Waals surface area contributed by atoms with Gasteiger partial charge in [-0.25, -0.2) is 0 Å². The van der Waals surface area contributed by atoms with Crippen LogP contribution < -0.4 is 0 Å². The van der Waals surface area contributed by atoms with E-state index in [0.717, 1.165) is 5.69 Å². The van der Waals surface area contributed by atoms with E-state index in [9.17, 15) is 10.1 Å². The third kappa shape index (κ3) is 1.90. The van der Waals surface area contributed by atoms with Crippen molar-refractivity contribution in [1.82, 2.24) is 9.55 Å². The molecular weight excluding hydrogens is 230 g/mol. The van der Waals surface area contributed by atoms with Crippen molar-refractivity contribution in [2.75, 3.05) is 0 Å². The van der Waals surface area contributed by atoms with Crippen molar-refractivity contribution in [3.63, 3.8) is 0 Å². The quantitative estimate of drug-likeness (QED) is 0.596. The van der Waals surface area contributed by atoms with Crippen LogP contribution in [-0.2, 0) is 0 Å². The van der Waals surface area contributed by atoms with Gasteiger partial charge in [0.25, 0.3) is 0 Å². The minimum Gasteiger partial charge on any atom is -0.358 e. The molecule has 0 atom stereocenters. The van der Waals surface area contributed by atoms with Gasteiger partial charge in [0, 0.05) is 17.6 Å². The maximum Gasteiger partial charge on any atom is 0.382 e. The van der Waals surface area contributed by atoms with Crippen LogP contribution in [0.5, 0.6) is 0 Å². The topological polar surface area (TPSA) is 61.0 Å². The second-order valence-corrected chi connectivity index (χ2v) is 3.69. The van der Waals surface area contributed by atoms with Gasteiger partial charge in [0.15, 0.2) is 0 Å². The van der Waals surface area contributed by atoms with Gasteiger partial charge in [0.2, 0.25) is 5.82 Å². The van der Waals surface area contributed by atoms with Gasteiger partial charge in [-0.3, -0.25) is 4.57 Å². The van der Waals surface area contributed by atoms with E-state index in [-0.39, 0.29) is 5.82 Å². The van der Waals surface area contributed by atoms with Crippen LogP contribution in [0.2, 0.25) is 5.02 Å². The first-order chi connectivity index (χ1) is 7.58. The summed E-state index contributed by atoms with van der Waals surface area (Å²) in [5.74, 6) is 0.404. The van der Waals surface area contributed by atoms with E-state index < -0.39 is 4.92 Å². The lowest BCUT2D eigenvalue weighted by Crippen LogP contribution is -1.94. The molecule has 0 spiro atoms. The molecule has 16 heavy (non-hydrogen) atoms. The molecule has 0 aliphatic rings. The Labute approximate surface area is 96.4 Å². The van der Waals surface area contributed by atoms with Crippen molar-refractivity contribution < 1.29 is 4.92 Å². The molecule has 0 radical (unpaired) electrons. The monoisotopic (exact) mass is 237 g/mol. The highest BCUT2D eigenvalue weighted by molar-refractivity contribution is 6.30. The standard InChI is InChI=1S/C10H8ClN3O2/c1-7-12-10(14(15)16)6-13(7)9-4-2-8(11)3-5-9/h2-6H,1H3. The first-order valence-corrected chi connectivity index (χ1v) is 4.92. The molecule has 0 saturated carbocycles. The fourth-order valence-electron chi connectivity index (χ4n) is 1.41. The number of rotatable bonds is 2. The Hall–Kier alpha value is -1.88. The van der Waals surface area contributed by atoms with Crippen LogP contribution in [0.4, 0.5) is 5.82 Å². The van der Waals surface area contributed by atoms with E-state index in [4.69, 9.17) is 11.6 Å². The molecule has 0 unspecified atom stereocenters. The Balaban J connectivity index is 2.47. The van der Waals surface area contributed by atoms with E-state index in [1.807, 2.05) is 0 Å². The molecule has 1 heterocycles. The van der Waals surface area contributed by atoms with E-state index >= 15 is 0 Å². The molecule has 2 aromatic rings. The third-order valence-corrected chi connectivity index (χ3v) is 2.41. The second kappa shape index (κ2) is 3.94. The van der Waals surface area contributed by atoms with Crippen LogP contribution in [0.15, 0.2) is 30.5 Å². The van der Waals surface area contributed by atoms with Crippen molar-refractivity contribution in [3.8, 4) is 5.69 Å². The Morgan fingerprint density at radius 3 is 2.50 bits per heavy atom. The molecule has 0 aliphatic heterocycles. The van der Waals surface area contributed by atoms with Crippen molar-refractivity contribution in [2.45, 2.75) is 6.92 Å². The highest BCUT2D eigenvalue weighted by Crippen LogP contribution is 2.18. The summed E-state index contributed by atoms with van der Waals surface area (Å²) in [4.78, 5) is 13.9. The van der Waals surface area contributed by atoms with Gasteiger partial charge in [-0.1, -0.05) is 11.6 Å². The number of imidazole rings is 1. The van der Waals surface area contributed by atoms with E-state index in [1.54, 1.807) is 35.8 Å². The molecule has 82 valence electrons. The highest BCUT2D eigenvalue weighted by Gasteiger charge is 2.15. The maximum absolute atomic E-state index is 10.6. The fourth-order valence-corrected chi connectivity index (χ4v) is 1.53. The van der Waals surface area contributed by atoms with Gasteiger partial charge in [-0.2, -0.15) is 0 Å². The molecule has 0 saturated heterocycles. The minimum absolute atomic E-state index is 0.160. The highest BCUT2D eigenvalue weighted by atomic mass is 35.5. The molecule has 2 rings (SSSR count). The van der Waals surface area contributed by atoms with Crippen molar-refractivity contribution >= 4 is 17.4 Å². The zero-order chi connectivity index (χ0) is 11.7. The third-order valence-electron chi connectivity index (χ3n) is 2.16. The Morgan fingerprint density at radius 1 is 1.38 bits per heavy atom. The fraction of sp³-hybridized carbons (Fsp3) is 0.100. The summed E-state index contributed by atoms with van der Waals surface area (Å²) in [6.07, 6.45) is 1.39. The van der Waals surface area contributed by atoms with Gasteiger partial charge >= 0.3 is 5.82 Å². The van der Waals surface area contributed by atoms with Gasteiger partial charge in [-0.15, -0.1) is 0 Å². The van der Waals surface area contributed by atoms with Crippen LogP contribution in [0, 0.1) is 17.0 Å². The number of aromatic nitrogens is 2. The maximum atomic E-state index is 10.6. The lowest BCUT2D eigenvalue weighted by Gasteiger charge is -2.01. The second-order valence-electron chi connectivity index (χ2n) is 3.25. The average molecular weight is 238 g/mol. The summed E-state index contributed by atoms with van der Waals surface area (Å²) in [7, 11) is 0. The number of nitro groups is 1. The van der Waals surface area contributed by atoms with Crippen molar-refractivity contribution in [2.24, 2.45) is 0 Å². The zero-order valence-electron chi connectivity index (χ0n) is 8.42. The summed E-state index contributed by atoms with van der Waals surface area (Å²) in [5, 5.41) is 11.2. The lowest BCUT2D eigenvalue weighted by molar-refractivity contribution is -0.389. The molecule has 1 aromatic heterocycles. The predicted octanol–water partition coefficient (Wildman–Crippen LogP) is 2.74. The van der Waals surface area contributed by atoms with E-state index in [1.165, 1.54) is 6.20 Å².